The van der Waals surface area contributed by atoms with Crippen LogP contribution in [0.4, 0.5) is 0 Å². The van der Waals surface area contributed by atoms with Gasteiger partial charge < -0.3 is 0 Å². The maximum Gasteiger partial charge on any atom is 0.152 e. The molecule has 0 radical (unpaired) electrons. The van der Waals surface area contributed by atoms with Gasteiger partial charge in [-0.15, -0.1) is 0 Å². The van der Waals surface area contributed by atoms with Crippen molar-refractivity contribution < 1.29 is 4.79 Å². The molecule has 1 aliphatic heterocycles. The van der Waals surface area contributed by atoms with Crippen LogP contribution >= 0.6 is 0 Å². The summed E-state index contributed by atoms with van der Waals surface area (Å²) in [5.41, 5.74) is 0. The molecule has 13 heavy (non-hydrogen) atoms. The van der Waals surface area contributed by atoms with Crippen molar-refractivity contribution in [2.24, 2.45) is 5.92 Å². The van der Waals surface area contributed by atoms with Crippen molar-refractivity contribution in [1.29, 1.82) is 5.26 Å². The van der Waals surface area contributed by atoms with Gasteiger partial charge in [0.15, 0.2) is 5.78 Å². The molecule has 1 unspecified atom stereocenters. The van der Waals surface area contributed by atoms with Crippen LogP contribution in [0.25, 0.3) is 0 Å². The van der Waals surface area contributed by atoms with E-state index in [0.717, 1.165) is 26.1 Å². The maximum absolute atomic E-state index is 10.6. The highest BCUT2D eigenvalue weighted by molar-refractivity contribution is 5.87. The van der Waals surface area contributed by atoms with E-state index in [4.69, 9.17) is 5.26 Å². The second kappa shape index (κ2) is 4.78. The average Bonchev–Trinajstić information content (AvgIpc) is 2.52. The topological polar surface area (TPSA) is 44.1 Å². The first kappa shape index (κ1) is 9.94. The van der Waals surface area contributed by atoms with Gasteiger partial charge in [-0.05, 0) is 26.0 Å². The Morgan fingerprint density at radius 3 is 3.08 bits per heavy atom. The molecule has 0 bridgehead atoms. The highest BCUT2D eigenvalue weighted by atomic mass is 16.1. The highest BCUT2D eigenvalue weighted by Gasteiger charge is 2.20. The molecule has 1 atom stereocenters. The molecule has 0 spiro atoms. The quantitative estimate of drug-likeness (QED) is 0.605. The predicted octanol–water partition coefficient (Wildman–Crippen LogP) is 0.977. The van der Waals surface area contributed by atoms with Gasteiger partial charge >= 0.3 is 0 Å². The summed E-state index contributed by atoms with van der Waals surface area (Å²) in [4.78, 5) is 12.8. The Labute approximate surface area is 78.6 Å². The fraction of sp³-hybridized carbons (Fsp3) is 0.600. The summed E-state index contributed by atoms with van der Waals surface area (Å²) in [6, 6.07) is 2.26. The molecule has 0 aromatic rings. The van der Waals surface area contributed by atoms with Gasteiger partial charge in [-0.25, -0.2) is 0 Å². The molecule has 0 saturated carbocycles. The summed E-state index contributed by atoms with van der Waals surface area (Å²) in [5.74, 6) is 0.266. The van der Waals surface area contributed by atoms with E-state index in [2.05, 4.69) is 11.0 Å². The summed E-state index contributed by atoms with van der Waals surface area (Å²) in [5, 5.41) is 8.65. The van der Waals surface area contributed by atoms with Gasteiger partial charge in [-0.3, -0.25) is 9.69 Å². The third kappa shape index (κ3) is 3.39. The number of rotatable bonds is 3. The van der Waals surface area contributed by atoms with Crippen LogP contribution in [0, 0.1) is 17.2 Å². The average molecular weight is 178 g/mol. The van der Waals surface area contributed by atoms with Crippen LogP contribution in [0.3, 0.4) is 0 Å². The highest BCUT2D eigenvalue weighted by Crippen LogP contribution is 2.14. The molecule has 0 amide bonds. The van der Waals surface area contributed by atoms with Gasteiger partial charge in [-0.1, -0.05) is 6.08 Å². The van der Waals surface area contributed by atoms with Crippen molar-refractivity contribution in [2.75, 3.05) is 19.6 Å². The van der Waals surface area contributed by atoms with Crippen LogP contribution in [0.5, 0.6) is 0 Å². The first-order valence-corrected chi connectivity index (χ1v) is 4.51. The van der Waals surface area contributed by atoms with E-state index in [0.29, 0.717) is 0 Å². The Morgan fingerprint density at radius 1 is 1.77 bits per heavy atom. The molecule has 3 heteroatoms. The number of nitriles is 1. The Morgan fingerprint density at radius 2 is 2.54 bits per heavy atom. The van der Waals surface area contributed by atoms with Crippen LogP contribution in [0.1, 0.15) is 13.3 Å². The summed E-state index contributed by atoms with van der Waals surface area (Å²) >= 11 is 0. The van der Waals surface area contributed by atoms with Crippen molar-refractivity contribution in [3.8, 4) is 6.07 Å². The SMILES string of the molecule is CC(=O)/C=C/CN1CCC(C#N)C1. The van der Waals surface area contributed by atoms with E-state index in [1.165, 1.54) is 0 Å². The molecule has 70 valence electrons. The Kier molecular flexibility index (Phi) is 3.66. The number of hydrogen-bond acceptors (Lipinski definition) is 3. The molecule has 0 aliphatic carbocycles. The van der Waals surface area contributed by atoms with E-state index in [1.54, 1.807) is 13.0 Å². The number of ketones is 1. The van der Waals surface area contributed by atoms with Crippen molar-refractivity contribution in [3.63, 3.8) is 0 Å². The third-order valence-electron chi connectivity index (χ3n) is 2.17. The van der Waals surface area contributed by atoms with E-state index in [1.807, 2.05) is 6.08 Å². The van der Waals surface area contributed by atoms with Gasteiger partial charge in [0.1, 0.15) is 0 Å². The summed E-state index contributed by atoms with van der Waals surface area (Å²) in [6.45, 7) is 4.15. The Hall–Kier alpha value is -1.14. The Balaban J connectivity index is 2.25. The van der Waals surface area contributed by atoms with Gasteiger partial charge in [0.25, 0.3) is 0 Å². The first-order chi connectivity index (χ1) is 6.22. The van der Waals surface area contributed by atoms with Crippen molar-refractivity contribution in [1.82, 2.24) is 4.90 Å². The molecule has 1 saturated heterocycles. The number of carbonyl (C=O) groups is 1. The largest absolute Gasteiger partial charge is 0.298 e. The van der Waals surface area contributed by atoms with Crippen LogP contribution in [-0.2, 0) is 4.79 Å². The lowest BCUT2D eigenvalue weighted by atomic mass is 10.1. The smallest absolute Gasteiger partial charge is 0.152 e. The minimum Gasteiger partial charge on any atom is -0.298 e. The normalized spacial score (nSPS) is 23.5. The molecule has 0 aromatic carbocycles. The molecule has 3 nitrogen and oxygen atoms in total. The van der Waals surface area contributed by atoms with E-state index >= 15 is 0 Å². The standard InChI is InChI=1S/C10H14N2O/c1-9(13)3-2-5-12-6-4-10(7-11)8-12/h2-3,10H,4-6,8H2,1H3/b3-2+. The van der Waals surface area contributed by atoms with Crippen LogP contribution in [0.15, 0.2) is 12.2 Å². The lowest BCUT2D eigenvalue weighted by Gasteiger charge is -2.10. The lowest BCUT2D eigenvalue weighted by molar-refractivity contribution is -0.112. The summed E-state index contributed by atoms with van der Waals surface area (Å²) in [7, 11) is 0. The summed E-state index contributed by atoms with van der Waals surface area (Å²) in [6.07, 6.45) is 4.41. The van der Waals surface area contributed by atoms with Crippen LogP contribution in [0.2, 0.25) is 0 Å². The molecule has 1 fully saturated rings. The zero-order valence-electron chi connectivity index (χ0n) is 7.86. The van der Waals surface area contributed by atoms with Gasteiger partial charge in [0.05, 0.1) is 12.0 Å². The molecular weight excluding hydrogens is 164 g/mol. The molecule has 1 aliphatic rings. The van der Waals surface area contributed by atoms with Crippen molar-refractivity contribution in [3.05, 3.63) is 12.2 Å². The van der Waals surface area contributed by atoms with E-state index in [-0.39, 0.29) is 11.7 Å². The number of hydrogen-bond donors (Lipinski definition) is 0. The fourth-order valence-electron chi connectivity index (χ4n) is 1.47. The molecule has 0 aromatic heterocycles. The number of carbonyl (C=O) groups excluding carboxylic acids is 1. The zero-order valence-corrected chi connectivity index (χ0v) is 7.86. The van der Waals surface area contributed by atoms with Gasteiger partial charge in [0.2, 0.25) is 0 Å². The van der Waals surface area contributed by atoms with Crippen molar-refractivity contribution in [2.45, 2.75) is 13.3 Å². The molecule has 1 rings (SSSR count). The summed E-state index contributed by atoms with van der Waals surface area (Å²) < 4.78 is 0. The molecule has 0 N–H and O–H groups in total. The van der Waals surface area contributed by atoms with Crippen molar-refractivity contribution >= 4 is 5.78 Å². The fourth-order valence-corrected chi connectivity index (χ4v) is 1.47. The molecular formula is C10H14N2O. The zero-order chi connectivity index (χ0) is 9.68. The maximum atomic E-state index is 10.6. The third-order valence-corrected chi connectivity index (χ3v) is 2.17. The predicted molar refractivity (Wildman–Crippen MR) is 50.0 cm³/mol. The van der Waals surface area contributed by atoms with Gasteiger partial charge in [0, 0.05) is 13.1 Å². The number of nitrogens with zero attached hydrogens (tertiary/aromatic N) is 2. The number of allylic oxidation sites excluding steroid dienone is 1. The first-order valence-electron chi connectivity index (χ1n) is 4.51. The second-order valence-electron chi connectivity index (χ2n) is 3.39. The van der Waals surface area contributed by atoms with Crippen LogP contribution in [-0.4, -0.2) is 30.3 Å². The monoisotopic (exact) mass is 178 g/mol. The van der Waals surface area contributed by atoms with Crippen LogP contribution < -0.4 is 0 Å². The van der Waals surface area contributed by atoms with Gasteiger partial charge in [-0.2, -0.15) is 5.26 Å². The lowest BCUT2D eigenvalue weighted by Crippen LogP contribution is -2.20. The minimum absolute atomic E-state index is 0.0797. The van der Waals surface area contributed by atoms with E-state index < -0.39 is 0 Å². The second-order valence-corrected chi connectivity index (χ2v) is 3.39. The Bertz CT molecular complexity index is 252. The van der Waals surface area contributed by atoms with E-state index in [9.17, 15) is 4.79 Å². The minimum atomic E-state index is 0.0797. The number of likely N-dealkylation sites (tertiary alicyclic amines) is 1. The molecule has 1 heterocycles.